The molecular formula is C108H132N16O18S6. The van der Waals surface area contributed by atoms with Gasteiger partial charge in [0.1, 0.15) is 24.2 Å². The number of carbonyl (C=O) groups excluding carboxylic acids is 10. The predicted octanol–water partition coefficient (Wildman–Crippen LogP) is 11.8. The number of nitrogens with zero attached hydrogens (tertiary/aromatic N) is 16. The summed E-state index contributed by atoms with van der Waals surface area (Å²) in [4.78, 5) is 181. The van der Waals surface area contributed by atoms with Gasteiger partial charge in [0.05, 0.1) is 147 Å². The fourth-order valence-electron chi connectivity index (χ4n) is 23.9. The van der Waals surface area contributed by atoms with Crippen molar-refractivity contribution >= 4 is 147 Å². The highest BCUT2D eigenvalue weighted by Crippen LogP contribution is 2.49. The number of β-amino-alcohol motifs (C(OH)–C–C–N with tert-alkyl or cyclic N) is 4. The Kier molecular flexibility index (Phi) is 30.9. The molecule has 0 bridgehead atoms. The van der Waals surface area contributed by atoms with Crippen molar-refractivity contribution in [2.45, 2.75) is 294 Å². The van der Waals surface area contributed by atoms with Crippen LogP contribution in [0, 0.1) is 38.5 Å². The Morgan fingerprint density at radius 2 is 0.568 bits per heavy atom. The predicted molar refractivity (Wildman–Crippen MR) is 569 cm³/mol. The van der Waals surface area contributed by atoms with Gasteiger partial charge in [0.2, 0.25) is 55.5 Å². The number of thiazole rings is 4. The average Bonchev–Trinajstić information content (AvgIpc) is 1.59. The van der Waals surface area contributed by atoms with E-state index in [1.807, 2.05) is 202 Å². The van der Waals surface area contributed by atoms with Crippen molar-refractivity contribution in [1.82, 2.24) is 57.9 Å². The van der Waals surface area contributed by atoms with Crippen LogP contribution in [0.4, 0.5) is 0 Å². The molecular weight excluding hydrogens is 2000 g/mol. The molecule has 0 saturated carbocycles. The van der Waals surface area contributed by atoms with Crippen molar-refractivity contribution in [3.05, 3.63) is 164 Å². The van der Waals surface area contributed by atoms with Crippen LogP contribution in [0.15, 0.2) is 139 Å². The largest absolute Gasteiger partial charge is 0.391 e. The summed E-state index contributed by atoms with van der Waals surface area (Å²) in [6.07, 6.45) is 7.93. The molecule has 20 rings (SSSR count). The molecule has 10 amide bonds. The van der Waals surface area contributed by atoms with Gasteiger partial charge in [-0.2, -0.15) is 8.61 Å². The van der Waals surface area contributed by atoms with Gasteiger partial charge in [-0.15, -0.1) is 45.3 Å². The summed E-state index contributed by atoms with van der Waals surface area (Å²) in [6.45, 7) is 28.2. The van der Waals surface area contributed by atoms with E-state index >= 15 is 0 Å². The second kappa shape index (κ2) is 42.1. The number of sulfonamides is 2. The monoisotopic (exact) mass is 2130 g/mol. The molecule has 8 fully saturated rings. The van der Waals surface area contributed by atoms with E-state index in [9.17, 15) is 85.2 Å². The van der Waals surface area contributed by atoms with Crippen molar-refractivity contribution < 1.29 is 85.2 Å². The van der Waals surface area contributed by atoms with Crippen molar-refractivity contribution in [2.24, 2.45) is 30.8 Å². The number of aryl methyl sites for hydroxylation is 4. The quantitative estimate of drug-likeness (QED) is 0.0620. The Morgan fingerprint density at radius 1 is 0.338 bits per heavy atom. The maximum atomic E-state index is 13.9. The number of aliphatic hydroxyl groups is 4. The first-order valence-corrected chi connectivity index (χ1v) is 58.0. The Labute approximate surface area is 879 Å². The average molecular weight is 2130 g/mol. The summed E-state index contributed by atoms with van der Waals surface area (Å²) in [5.41, 5.74) is 16.6. The molecule has 12 aliphatic rings. The number of hydrogen-bond donors (Lipinski definition) is 4. The Morgan fingerprint density at radius 3 is 0.777 bits per heavy atom. The van der Waals surface area contributed by atoms with Gasteiger partial charge in [-0.3, -0.25) is 47.9 Å². The molecule has 0 aliphatic carbocycles. The van der Waals surface area contributed by atoms with Crippen LogP contribution in [0.25, 0.3) is 41.8 Å². The number of hydrogen-bond acceptors (Lipinski definition) is 26. The van der Waals surface area contributed by atoms with Gasteiger partial charge >= 0.3 is 0 Å². The molecule has 8 aromatic rings. The van der Waals surface area contributed by atoms with Gasteiger partial charge in [0.25, 0.3) is 23.6 Å². The second-order valence-corrected chi connectivity index (χ2v) is 51.4. The first-order chi connectivity index (χ1) is 69.8. The number of aromatic nitrogens is 4. The maximum absolute atomic E-state index is 13.9. The summed E-state index contributed by atoms with van der Waals surface area (Å²) in [7, 11) is -7.20. The van der Waals surface area contributed by atoms with Gasteiger partial charge < -0.3 is 49.8 Å². The number of rotatable bonds is 18. The van der Waals surface area contributed by atoms with Crippen LogP contribution in [0.3, 0.4) is 0 Å². The Balaban J connectivity index is 0.000000135. The SMILES string of the molecule is CC(=O)N1CCCC[C@@H]1C(=O)N1C[C@H](O)C[C@@H]1C1=NC(=O)[C@](C)(c2ccc(-c3scnc3C)cc2)C1.CC(=O)N1CCCC[C@H]1C(=O)N1C[C@H](O)C[C@@H]1C1=NC(=O)[C@](C)(c2ccc(-c3scnc3C)cc2)C1.Cc1ncsc1-c1ccc([C@]2(C)CC([C@@H]3C[C@@H](O)CN3C(=O)[C@@H]3N(S(C)(=O)=O)CCC3(C)C)=NC2=O)cc1.Cc1ncsc1-c1ccc([C@]2(C)CC([C@@H]3C[C@@H](O)CN3C(=O)[C@H]3N(S(C)(=O)=O)CCC3(C)C)=NC2=O)cc1. The number of piperidine rings is 2. The Hall–Kier alpha value is -10.8. The van der Waals surface area contributed by atoms with Gasteiger partial charge in [-0.25, -0.2) is 56.7 Å². The van der Waals surface area contributed by atoms with Crippen LogP contribution < -0.4 is 0 Å². The molecule has 0 radical (unpaired) electrons. The van der Waals surface area contributed by atoms with Crippen LogP contribution in [0.1, 0.15) is 217 Å². The second-order valence-electron chi connectivity index (χ2n) is 44.1. The maximum Gasteiger partial charge on any atom is 0.256 e. The highest BCUT2D eigenvalue weighted by Gasteiger charge is 2.59. The lowest BCUT2D eigenvalue weighted by atomic mass is 9.78. The third-order valence-corrected chi connectivity index (χ3v) is 39.0. The minimum Gasteiger partial charge on any atom is -0.391 e. The lowest BCUT2D eigenvalue weighted by molar-refractivity contribution is -0.146. The number of likely N-dealkylation sites (tertiary alicyclic amines) is 6. The summed E-state index contributed by atoms with van der Waals surface area (Å²) < 4.78 is 52.5. The van der Waals surface area contributed by atoms with Crippen LogP contribution in [-0.4, -0.2) is 315 Å². The summed E-state index contributed by atoms with van der Waals surface area (Å²) in [6, 6.07) is 27.0. The lowest BCUT2D eigenvalue weighted by Crippen LogP contribution is -2.54. The summed E-state index contributed by atoms with van der Waals surface area (Å²) in [5, 5.41) is 42.1. The third kappa shape index (κ3) is 21.2. The number of aliphatic imine (C=N–C) groups is 4. The van der Waals surface area contributed by atoms with E-state index in [1.54, 1.807) is 74.7 Å². The standard InChI is InChI=1S/2C27H34N4O5S2.2C27H32N4O4S/c2*1-16-22(37-15-28-16)17-6-8-18(9-7-17)27(4)13-20(29-25(27)34)21-12-19(32)14-30(21)24(33)23-26(2,3)10-11-31(23)38(5,35)36;2*1-16-24(36-15-28-16)18-7-9-19(10-8-18)27(3)13-21(29-26(27)35)23-12-20(33)14-31(23)25(34)22-6-4-5-11-30(22)17(2)32/h2*6-9,15,19,21,23,32H,10-14H2,1-5H3;2*7-10,15,20,22-23,33H,4-6,11-14H2,1-3H3/t19-,21+,23+,27+;19-,21+,23-,27+;20-,22+,23-,27+;20-,22-,23-,27+/m1111/s1. The van der Waals surface area contributed by atoms with Gasteiger partial charge in [0, 0.05) is 140 Å². The molecule has 0 spiro atoms. The zero-order valence-corrected chi connectivity index (χ0v) is 91.5. The van der Waals surface area contributed by atoms with E-state index in [0.29, 0.717) is 100 Å². The van der Waals surface area contributed by atoms with E-state index in [-0.39, 0.29) is 111 Å². The molecule has 4 aromatic carbocycles. The fourth-order valence-corrected chi connectivity index (χ4v) is 29.5. The van der Waals surface area contributed by atoms with E-state index in [0.717, 1.165) is 125 Å². The number of carbonyl (C=O) groups is 10. The zero-order chi connectivity index (χ0) is 106. The molecule has 16 heterocycles. The fraction of sp³-hybridized carbons (Fsp3) is 0.537. The van der Waals surface area contributed by atoms with E-state index in [2.05, 4.69) is 39.9 Å². The van der Waals surface area contributed by atoms with Crippen LogP contribution in [0.2, 0.25) is 0 Å². The molecule has 34 nitrogen and oxygen atoms in total. The molecule has 40 heteroatoms. The van der Waals surface area contributed by atoms with Crippen molar-refractivity contribution in [3.8, 4) is 41.8 Å². The lowest BCUT2D eigenvalue weighted by Gasteiger charge is -2.38. The molecule has 16 atom stereocenters. The van der Waals surface area contributed by atoms with Crippen molar-refractivity contribution in [2.75, 3.05) is 64.9 Å². The number of amides is 10. The summed E-state index contributed by atoms with van der Waals surface area (Å²) in [5.74, 6) is -2.21. The van der Waals surface area contributed by atoms with E-state index in [1.165, 1.54) is 22.5 Å². The highest BCUT2D eigenvalue weighted by molar-refractivity contribution is 7.88. The first kappa shape index (κ1) is 108. The van der Waals surface area contributed by atoms with Crippen molar-refractivity contribution in [3.63, 3.8) is 0 Å². The Bertz CT molecular complexity index is 6490. The van der Waals surface area contributed by atoms with Crippen LogP contribution >= 0.6 is 45.3 Å². The molecule has 8 saturated heterocycles. The van der Waals surface area contributed by atoms with Gasteiger partial charge in [-0.05, 0) is 162 Å². The molecule has 0 unspecified atom stereocenters. The van der Waals surface area contributed by atoms with Crippen molar-refractivity contribution in [1.29, 1.82) is 0 Å². The van der Waals surface area contributed by atoms with Crippen LogP contribution in [0.5, 0.6) is 0 Å². The number of benzene rings is 4. The van der Waals surface area contributed by atoms with E-state index in [4.69, 9.17) is 0 Å². The minimum atomic E-state index is -3.60. The number of aliphatic hydroxyl groups excluding tert-OH is 4. The third-order valence-electron chi connectivity index (χ3n) is 32.6. The molecule has 12 aliphatic heterocycles. The summed E-state index contributed by atoms with van der Waals surface area (Å²) >= 11 is 6.31. The molecule has 4 aromatic heterocycles. The smallest absolute Gasteiger partial charge is 0.256 e. The zero-order valence-electron chi connectivity index (χ0n) is 86.6. The first-order valence-electron chi connectivity index (χ1n) is 50.8. The molecule has 4 N–H and O–H groups in total. The van der Waals surface area contributed by atoms with E-state index < -0.39 is 125 Å². The topological polar surface area (TPSA) is 447 Å². The highest BCUT2D eigenvalue weighted by atomic mass is 32.2. The molecule has 148 heavy (non-hydrogen) atoms. The normalized spacial score (nSPS) is 29.1. The minimum absolute atomic E-state index is 0.0838. The van der Waals surface area contributed by atoms with Crippen LogP contribution in [-0.2, 0) is 89.7 Å². The van der Waals surface area contributed by atoms with Gasteiger partial charge in [0.15, 0.2) is 0 Å². The van der Waals surface area contributed by atoms with Gasteiger partial charge in [-0.1, -0.05) is 125 Å². The molecule has 788 valence electrons.